The Bertz CT molecular complexity index is 1120. The minimum atomic E-state index is -4.35. The van der Waals surface area contributed by atoms with Crippen LogP contribution >= 0.6 is 0 Å². The van der Waals surface area contributed by atoms with Crippen molar-refractivity contribution in [1.29, 1.82) is 0 Å². The maximum atomic E-state index is 11.2. The van der Waals surface area contributed by atoms with E-state index in [9.17, 15) is 25.9 Å². The summed E-state index contributed by atoms with van der Waals surface area (Å²) in [5, 5.41) is 0. The first-order valence-electron chi connectivity index (χ1n) is 17.2. The first-order chi connectivity index (χ1) is 21.1. The maximum absolute atomic E-state index is 11.2. The van der Waals surface area contributed by atoms with Gasteiger partial charge in [0.15, 0.2) is 0 Å². The summed E-state index contributed by atoms with van der Waals surface area (Å²) in [5.41, 5.74) is 1.33. The van der Waals surface area contributed by atoms with Gasteiger partial charge in [-0.2, -0.15) is 0 Å². The van der Waals surface area contributed by atoms with Gasteiger partial charge in [0.2, 0.25) is 0 Å². The molecule has 0 fully saturated rings. The van der Waals surface area contributed by atoms with E-state index in [1.807, 2.05) is 0 Å². The van der Waals surface area contributed by atoms with Crippen LogP contribution in [0.4, 0.5) is 0 Å². The van der Waals surface area contributed by atoms with Gasteiger partial charge in [0.05, 0.1) is 9.79 Å². The minimum absolute atomic E-state index is 0. The Morgan fingerprint density at radius 3 is 0.935 bits per heavy atom. The third-order valence-electron chi connectivity index (χ3n) is 8.08. The van der Waals surface area contributed by atoms with Crippen LogP contribution in [0, 0.1) is 0 Å². The van der Waals surface area contributed by atoms with Gasteiger partial charge in [-0.15, -0.1) is 0 Å². The van der Waals surface area contributed by atoms with Crippen molar-refractivity contribution in [2.75, 3.05) is 0 Å². The molecule has 260 valence electrons. The standard InChI is InChI=1S/2C18H30O3S.Al.H2O/c2*1-2-3-4-5-6-7-8-9-10-11-14-17-15-12-13-16-18(17)22(19,20)21;;/h2*12-13,15-16H,2-11,14H2,1H3,(H,19,20,21);;1H2/q;;+3;/p-3. The normalized spacial score (nSPS) is 11.2. The molecule has 0 aliphatic heterocycles. The van der Waals surface area contributed by atoms with Crippen LogP contribution in [-0.2, 0) is 33.1 Å². The number of unbranched alkanes of at least 4 members (excludes halogenated alkanes) is 18. The van der Waals surface area contributed by atoms with E-state index in [1.54, 1.807) is 36.4 Å². The molecule has 2 aromatic rings. The van der Waals surface area contributed by atoms with Crippen LogP contribution in [0.15, 0.2) is 58.3 Å². The summed E-state index contributed by atoms with van der Waals surface area (Å²) in [5.74, 6) is 0. The van der Waals surface area contributed by atoms with Crippen LogP contribution in [-0.4, -0.2) is 48.8 Å². The molecule has 0 saturated carbocycles. The number of rotatable bonds is 24. The Morgan fingerprint density at radius 1 is 0.435 bits per heavy atom. The van der Waals surface area contributed by atoms with Gasteiger partial charge >= 0.3 is 17.4 Å². The fourth-order valence-electron chi connectivity index (χ4n) is 5.51. The molecule has 1 N–H and O–H groups in total. The molecule has 2 rings (SSSR count). The molecule has 10 heteroatoms. The zero-order valence-corrected chi connectivity index (χ0v) is 31.3. The molecule has 0 spiro atoms. The van der Waals surface area contributed by atoms with E-state index in [2.05, 4.69) is 13.8 Å². The molecule has 0 atom stereocenters. The molecule has 0 amide bonds. The van der Waals surface area contributed by atoms with Gasteiger partial charge in [-0.3, -0.25) is 0 Å². The average molecular weight is 695 g/mol. The third kappa shape index (κ3) is 23.1. The van der Waals surface area contributed by atoms with E-state index in [0.717, 1.165) is 25.7 Å². The first kappa shape index (κ1) is 46.9. The molecule has 0 aromatic heterocycles. The van der Waals surface area contributed by atoms with E-state index < -0.39 is 20.2 Å². The van der Waals surface area contributed by atoms with E-state index in [-0.39, 0.29) is 32.6 Å². The van der Waals surface area contributed by atoms with Crippen LogP contribution in [0.5, 0.6) is 0 Å². The second-order valence-corrected chi connectivity index (χ2v) is 14.7. The summed E-state index contributed by atoms with van der Waals surface area (Å²) < 4.78 is 67.1. The Balaban J connectivity index is 0. The summed E-state index contributed by atoms with van der Waals surface area (Å²) in [6.45, 7) is 4.46. The van der Waals surface area contributed by atoms with Gasteiger partial charge < -0.3 is 14.6 Å². The van der Waals surface area contributed by atoms with E-state index in [1.165, 1.54) is 115 Å². The number of aryl methyl sites for hydroxylation is 2. The fraction of sp³-hybridized carbons (Fsp3) is 0.667. The quantitative estimate of drug-likeness (QED) is 0.0604. The summed E-state index contributed by atoms with van der Waals surface area (Å²) in [4.78, 5) is -0.100. The summed E-state index contributed by atoms with van der Waals surface area (Å²) >= 11 is 0. The van der Waals surface area contributed by atoms with Crippen molar-refractivity contribution in [3.63, 3.8) is 0 Å². The van der Waals surface area contributed by atoms with E-state index in [4.69, 9.17) is 0 Å². The van der Waals surface area contributed by atoms with Crippen molar-refractivity contribution in [1.82, 2.24) is 0 Å². The van der Waals surface area contributed by atoms with Gasteiger partial charge in [0.25, 0.3) is 0 Å². The van der Waals surface area contributed by atoms with Crippen molar-refractivity contribution in [3.05, 3.63) is 59.7 Å². The molecule has 0 aliphatic rings. The summed E-state index contributed by atoms with van der Waals surface area (Å²) in [6.07, 6.45) is 26.3. The summed E-state index contributed by atoms with van der Waals surface area (Å²) in [6, 6.07) is 13.1. The second kappa shape index (κ2) is 28.7. The predicted octanol–water partition coefficient (Wildman–Crippen LogP) is 9.55. The maximum Gasteiger partial charge on any atom is 3.00 e. The SMILES string of the molecule is CCCCCCCCCCCCc1ccccc1S(=O)(=O)[O-].CCCCCCCCCCCCc1ccccc1S(=O)(=O)[O-].[Al+3].[OH-]. The smallest absolute Gasteiger partial charge is 0.870 e. The Kier molecular flexibility index (Phi) is 29.3. The van der Waals surface area contributed by atoms with Crippen molar-refractivity contribution >= 4 is 37.6 Å². The first-order valence-corrected chi connectivity index (χ1v) is 20.0. The van der Waals surface area contributed by atoms with E-state index in [0.29, 0.717) is 24.0 Å². The molecule has 0 aliphatic carbocycles. The monoisotopic (exact) mass is 694 g/mol. The Labute approximate surface area is 292 Å². The van der Waals surface area contributed by atoms with Crippen LogP contribution < -0.4 is 0 Å². The van der Waals surface area contributed by atoms with Crippen molar-refractivity contribution in [2.24, 2.45) is 0 Å². The van der Waals surface area contributed by atoms with Gasteiger partial charge in [0, 0.05) is 0 Å². The minimum Gasteiger partial charge on any atom is -0.870 e. The van der Waals surface area contributed by atoms with Crippen molar-refractivity contribution < 1.29 is 31.4 Å². The van der Waals surface area contributed by atoms with Crippen LogP contribution in [0.25, 0.3) is 0 Å². The van der Waals surface area contributed by atoms with Gasteiger partial charge in [-0.1, -0.05) is 166 Å². The zero-order valence-electron chi connectivity index (χ0n) is 28.5. The van der Waals surface area contributed by atoms with Gasteiger partial charge in [-0.05, 0) is 48.9 Å². The second-order valence-electron chi connectivity index (χ2n) is 12.0. The third-order valence-corrected chi connectivity index (χ3v) is 9.96. The number of hydrogen-bond donors (Lipinski definition) is 0. The molecule has 0 bridgehead atoms. The van der Waals surface area contributed by atoms with Gasteiger partial charge in [0.1, 0.15) is 20.2 Å². The molecular weight excluding hydrogens is 636 g/mol. The van der Waals surface area contributed by atoms with Crippen molar-refractivity contribution in [2.45, 2.75) is 165 Å². The number of benzene rings is 2. The fourth-order valence-corrected chi connectivity index (χ4v) is 6.99. The molecule has 0 heterocycles. The van der Waals surface area contributed by atoms with Crippen LogP contribution in [0.1, 0.15) is 153 Å². The molecule has 46 heavy (non-hydrogen) atoms. The zero-order chi connectivity index (χ0) is 32.5. The molecule has 0 radical (unpaired) electrons. The Morgan fingerprint density at radius 2 is 0.674 bits per heavy atom. The topological polar surface area (TPSA) is 144 Å². The summed E-state index contributed by atoms with van der Waals surface area (Å²) in [7, 11) is -8.69. The molecule has 0 saturated heterocycles. The van der Waals surface area contributed by atoms with Gasteiger partial charge in [-0.25, -0.2) is 16.8 Å². The molecule has 0 unspecified atom stereocenters. The molecular formula is C36H59AlO7S2. The Hall–Kier alpha value is -1.25. The predicted molar refractivity (Wildman–Crippen MR) is 188 cm³/mol. The molecule has 2 aromatic carbocycles. The van der Waals surface area contributed by atoms with E-state index >= 15 is 0 Å². The molecule has 7 nitrogen and oxygen atoms in total. The van der Waals surface area contributed by atoms with Crippen molar-refractivity contribution in [3.8, 4) is 0 Å². The number of hydrogen-bond acceptors (Lipinski definition) is 7. The van der Waals surface area contributed by atoms with Crippen LogP contribution in [0.3, 0.4) is 0 Å². The largest absolute Gasteiger partial charge is 3.00 e. The average Bonchev–Trinajstić information content (AvgIpc) is 2.99. The van der Waals surface area contributed by atoms with Crippen LogP contribution in [0.2, 0.25) is 0 Å².